The number of nitrogens with zero attached hydrogens (tertiary/aromatic N) is 2. The molecular formula is C14H14ClN3OS. The van der Waals surface area contributed by atoms with Crippen molar-refractivity contribution in [2.24, 2.45) is 0 Å². The summed E-state index contributed by atoms with van der Waals surface area (Å²) in [5, 5.41) is 4.35. The predicted octanol–water partition coefficient (Wildman–Crippen LogP) is 4.17. The Kier molecular flexibility index (Phi) is 4.42. The van der Waals surface area contributed by atoms with Crippen molar-refractivity contribution >= 4 is 45.5 Å². The normalized spacial score (nSPS) is 10.1. The number of rotatable bonds is 3. The van der Waals surface area contributed by atoms with Gasteiger partial charge in [-0.25, -0.2) is 9.97 Å². The van der Waals surface area contributed by atoms with Crippen LogP contribution >= 0.6 is 23.7 Å². The largest absolute Gasteiger partial charge is 0.495 e. The second-order valence-corrected chi connectivity index (χ2v) is 5.36. The lowest BCUT2D eigenvalue weighted by atomic mass is 10.2. The number of thiophene rings is 1. The van der Waals surface area contributed by atoms with Gasteiger partial charge < -0.3 is 10.1 Å². The second kappa shape index (κ2) is 6.07. The molecule has 0 aliphatic heterocycles. The standard InChI is InChI=1S/C14H13N3OS.ClH/c1-9-7-10-13(15-8-16-14(10)19-9)17-11-5-3-4-6-12(11)18-2;/h3-8H,1-2H3,(H,15,16,17);1H. The number of anilines is 2. The molecule has 2 heterocycles. The molecule has 1 N–H and O–H groups in total. The van der Waals surface area contributed by atoms with Crippen molar-refractivity contribution in [2.45, 2.75) is 6.92 Å². The maximum Gasteiger partial charge on any atom is 0.142 e. The number of methoxy groups -OCH3 is 1. The van der Waals surface area contributed by atoms with Gasteiger partial charge in [0.05, 0.1) is 18.2 Å². The molecule has 0 saturated heterocycles. The number of para-hydroxylation sites is 2. The van der Waals surface area contributed by atoms with Crippen molar-refractivity contribution in [3.63, 3.8) is 0 Å². The molecule has 0 bridgehead atoms. The summed E-state index contributed by atoms with van der Waals surface area (Å²) in [7, 11) is 1.66. The fraction of sp³-hybridized carbons (Fsp3) is 0.143. The van der Waals surface area contributed by atoms with Gasteiger partial charge in [-0.2, -0.15) is 0 Å². The summed E-state index contributed by atoms with van der Waals surface area (Å²) in [5.41, 5.74) is 0.897. The van der Waals surface area contributed by atoms with Crippen LogP contribution in [-0.2, 0) is 0 Å². The maximum absolute atomic E-state index is 5.33. The monoisotopic (exact) mass is 307 g/mol. The number of aryl methyl sites for hydroxylation is 1. The molecule has 0 aliphatic rings. The zero-order valence-electron chi connectivity index (χ0n) is 11.1. The van der Waals surface area contributed by atoms with Crippen LogP contribution in [0.15, 0.2) is 36.7 Å². The van der Waals surface area contributed by atoms with Crippen LogP contribution in [0.3, 0.4) is 0 Å². The van der Waals surface area contributed by atoms with Gasteiger partial charge in [-0.1, -0.05) is 12.1 Å². The number of benzene rings is 1. The minimum absolute atomic E-state index is 0. The van der Waals surface area contributed by atoms with Gasteiger partial charge in [-0.15, -0.1) is 23.7 Å². The molecule has 6 heteroatoms. The summed E-state index contributed by atoms with van der Waals surface area (Å²) in [6, 6.07) is 9.87. The molecule has 0 unspecified atom stereocenters. The van der Waals surface area contributed by atoms with E-state index in [1.165, 1.54) is 4.88 Å². The van der Waals surface area contributed by atoms with E-state index in [9.17, 15) is 0 Å². The highest BCUT2D eigenvalue weighted by molar-refractivity contribution is 7.18. The van der Waals surface area contributed by atoms with Crippen molar-refractivity contribution in [1.82, 2.24) is 9.97 Å². The van der Waals surface area contributed by atoms with E-state index in [-0.39, 0.29) is 12.4 Å². The first kappa shape index (κ1) is 14.6. The molecule has 0 radical (unpaired) electrons. The lowest BCUT2D eigenvalue weighted by molar-refractivity contribution is 0.417. The number of fused-ring (bicyclic) bond motifs is 1. The first-order valence-electron chi connectivity index (χ1n) is 5.89. The molecule has 4 nitrogen and oxygen atoms in total. The van der Waals surface area contributed by atoms with Crippen molar-refractivity contribution < 1.29 is 4.74 Å². The topological polar surface area (TPSA) is 47.0 Å². The fourth-order valence-electron chi connectivity index (χ4n) is 1.95. The third-order valence-corrected chi connectivity index (χ3v) is 3.77. The third-order valence-electron chi connectivity index (χ3n) is 2.81. The van der Waals surface area contributed by atoms with Crippen LogP contribution < -0.4 is 10.1 Å². The van der Waals surface area contributed by atoms with E-state index in [2.05, 4.69) is 28.3 Å². The molecule has 0 aliphatic carbocycles. The smallest absolute Gasteiger partial charge is 0.142 e. The lowest BCUT2D eigenvalue weighted by Gasteiger charge is -2.10. The van der Waals surface area contributed by atoms with Crippen LogP contribution in [0.4, 0.5) is 11.5 Å². The molecule has 20 heavy (non-hydrogen) atoms. The summed E-state index contributed by atoms with van der Waals surface area (Å²) in [6.45, 7) is 2.07. The molecule has 104 valence electrons. The number of ether oxygens (including phenoxy) is 1. The Morgan fingerprint density at radius 2 is 2.00 bits per heavy atom. The van der Waals surface area contributed by atoms with Crippen LogP contribution in [0.2, 0.25) is 0 Å². The van der Waals surface area contributed by atoms with Crippen LogP contribution in [0, 0.1) is 6.92 Å². The molecule has 0 spiro atoms. The summed E-state index contributed by atoms with van der Waals surface area (Å²) >= 11 is 1.66. The van der Waals surface area contributed by atoms with E-state index >= 15 is 0 Å². The number of hydrogen-bond acceptors (Lipinski definition) is 5. The van der Waals surface area contributed by atoms with Gasteiger partial charge in [0.1, 0.15) is 22.7 Å². The quantitative estimate of drug-likeness (QED) is 0.788. The van der Waals surface area contributed by atoms with Crippen LogP contribution in [0.5, 0.6) is 5.75 Å². The molecule has 0 amide bonds. The molecular weight excluding hydrogens is 294 g/mol. The zero-order valence-corrected chi connectivity index (χ0v) is 12.7. The third kappa shape index (κ3) is 2.69. The highest BCUT2D eigenvalue weighted by Crippen LogP contribution is 2.32. The van der Waals surface area contributed by atoms with Gasteiger partial charge in [0, 0.05) is 4.88 Å². The van der Waals surface area contributed by atoms with Crippen molar-refractivity contribution in [1.29, 1.82) is 0 Å². The second-order valence-electron chi connectivity index (χ2n) is 4.12. The summed E-state index contributed by atoms with van der Waals surface area (Å²) in [4.78, 5) is 10.8. The Bertz CT molecular complexity index is 729. The first-order chi connectivity index (χ1) is 9.28. The SMILES string of the molecule is COc1ccccc1Nc1ncnc2sc(C)cc12.Cl. The van der Waals surface area contributed by atoms with Gasteiger partial charge in [0.25, 0.3) is 0 Å². The number of aromatic nitrogens is 2. The number of halogens is 1. The summed E-state index contributed by atoms with van der Waals surface area (Å²) in [5.74, 6) is 1.60. The molecule has 3 rings (SSSR count). The Morgan fingerprint density at radius 3 is 2.80 bits per heavy atom. The maximum atomic E-state index is 5.33. The van der Waals surface area contributed by atoms with E-state index in [0.717, 1.165) is 27.5 Å². The average molecular weight is 308 g/mol. The van der Waals surface area contributed by atoms with Crippen molar-refractivity contribution in [3.05, 3.63) is 41.5 Å². The van der Waals surface area contributed by atoms with E-state index in [1.54, 1.807) is 24.8 Å². The highest BCUT2D eigenvalue weighted by atomic mass is 35.5. The highest BCUT2D eigenvalue weighted by Gasteiger charge is 2.09. The fourth-order valence-corrected chi connectivity index (χ4v) is 2.80. The van der Waals surface area contributed by atoms with Gasteiger partial charge in [0.2, 0.25) is 0 Å². The Balaban J connectivity index is 0.00000147. The van der Waals surface area contributed by atoms with Crippen molar-refractivity contribution in [2.75, 3.05) is 12.4 Å². The van der Waals surface area contributed by atoms with Gasteiger partial charge in [-0.05, 0) is 25.1 Å². The van der Waals surface area contributed by atoms with Gasteiger partial charge in [0.15, 0.2) is 0 Å². The Hall–Kier alpha value is -1.85. The Morgan fingerprint density at radius 1 is 1.20 bits per heavy atom. The molecule has 0 atom stereocenters. The van der Waals surface area contributed by atoms with E-state index in [1.807, 2.05) is 24.3 Å². The number of hydrogen-bond donors (Lipinski definition) is 1. The summed E-state index contributed by atoms with van der Waals surface area (Å²) in [6.07, 6.45) is 1.58. The molecule has 1 aromatic carbocycles. The average Bonchev–Trinajstić information content (AvgIpc) is 2.81. The molecule has 2 aromatic heterocycles. The van der Waals surface area contributed by atoms with Crippen LogP contribution in [-0.4, -0.2) is 17.1 Å². The van der Waals surface area contributed by atoms with Gasteiger partial charge in [-0.3, -0.25) is 0 Å². The number of nitrogens with one attached hydrogen (secondary N) is 1. The molecule has 0 fully saturated rings. The van der Waals surface area contributed by atoms with Crippen LogP contribution in [0.1, 0.15) is 4.88 Å². The van der Waals surface area contributed by atoms with E-state index < -0.39 is 0 Å². The lowest BCUT2D eigenvalue weighted by Crippen LogP contribution is -1.97. The zero-order chi connectivity index (χ0) is 13.2. The first-order valence-corrected chi connectivity index (χ1v) is 6.71. The van der Waals surface area contributed by atoms with E-state index in [0.29, 0.717) is 0 Å². The predicted molar refractivity (Wildman–Crippen MR) is 85.7 cm³/mol. The van der Waals surface area contributed by atoms with Gasteiger partial charge >= 0.3 is 0 Å². The summed E-state index contributed by atoms with van der Waals surface area (Å²) < 4.78 is 5.33. The molecule has 0 saturated carbocycles. The molecule has 3 aromatic rings. The Labute approximate surface area is 127 Å². The minimum atomic E-state index is 0. The van der Waals surface area contributed by atoms with Crippen molar-refractivity contribution in [3.8, 4) is 5.75 Å². The van der Waals surface area contributed by atoms with E-state index in [4.69, 9.17) is 4.74 Å². The van der Waals surface area contributed by atoms with Crippen LogP contribution in [0.25, 0.3) is 10.2 Å². The minimum Gasteiger partial charge on any atom is -0.495 e.